The van der Waals surface area contributed by atoms with Gasteiger partial charge in [-0.3, -0.25) is 0 Å². The lowest BCUT2D eigenvalue weighted by molar-refractivity contribution is 0.842. The summed E-state index contributed by atoms with van der Waals surface area (Å²) in [5.41, 5.74) is 3.12. The molecule has 0 N–H and O–H groups in total. The normalized spacial score (nSPS) is 11.4. The zero-order valence-corrected chi connectivity index (χ0v) is 14.0. The van der Waals surface area contributed by atoms with Crippen LogP contribution in [0.15, 0.2) is 16.6 Å². The molecule has 3 aromatic heterocycles. The van der Waals surface area contributed by atoms with Crippen LogP contribution in [0.4, 0.5) is 0 Å². The predicted molar refractivity (Wildman–Crippen MR) is 85.9 cm³/mol. The van der Waals surface area contributed by atoms with Crippen LogP contribution in [0.2, 0.25) is 0 Å². The van der Waals surface area contributed by atoms with E-state index < -0.39 is 0 Å². The Labute approximate surface area is 131 Å². The molecule has 110 valence electrons. The van der Waals surface area contributed by atoms with Gasteiger partial charge in [-0.15, -0.1) is 16.4 Å². The van der Waals surface area contributed by atoms with Crippen molar-refractivity contribution < 1.29 is 0 Å². The molecule has 0 aromatic carbocycles. The SMILES string of the molecule is CCCc1nc(CSc2nc3nc(C)cc(C)n3n2)cs1. The number of aryl methyl sites for hydroxylation is 3. The number of thiazole rings is 1. The molecular formula is C14H17N5S2. The molecule has 0 unspecified atom stereocenters. The van der Waals surface area contributed by atoms with Crippen molar-refractivity contribution in [2.45, 2.75) is 44.5 Å². The largest absolute Gasteiger partial charge is 0.253 e. The van der Waals surface area contributed by atoms with Gasteiger partial charge in [0.15, 0.2) is 0 Å². The van der Waals surface area contributed by atoms with Gasteiger partial charge in [-0.05, 0) is 32.8 Å². The van der Waals surface area contributed by atoms with E-state index in [2.05, 4.69) is 32.4 Å². The zero-order chi connectivity index (χ0) is 14.8. The van der Waals surface area contributed by atoms with Crippen LogP contribution >= 0.6 is 23.1 Å². The van der Waals surface area contributed by atoms with Gasteiger partial charge in [0.05, 0.1) is 10.7 Å². The predicted octanol–water partition coefficient (Wildman–Crippen LogP) is 3.44. The second kappa shape index (κ2) is 6.11. The summed E-state index contributed by atoms with van der Waals surface area (Å²) in [6.07, 6.45) is 2.20. The van der Waals surface area contributed by atoms with Gasteiger partial charge >= 0.3 is 0 Å². The van der Waals surface area contributed by atoms with Gasteiger partial charge in [0.25, 0.3) is 5.78 Å². The molecular weight excluding hydrogens is 302 g/mol. The molecule has 0 saturated heterocycles. The molecule has 0 spiro atoms. The van der Waals surface area contributed by atoms with Crippen molar-refractivity contribution in [3.63, 3.8) is 0 Å². The van der Waals surface area contributed by atoms with Crippen molar-refractivity contribution >= 4 is 28.9 Å². The summed E-state index contributed by atoms with van der Waals surface area (Å²) < 4.78 is 1.79. The first kappa shape index (κ1) is 14.5. The van der Waals surface area contributed by atoms with E-state index in [1.165, 1.54) is 5.01 Å². The summed E-state index contributed by atoms with van der Waals surface area (Å²) in [4.78, 5) is 13.5. The number of aromatic nitrogens is 5. The van der Waals surface area contributed by atoms with Crippen LogP contribution < -0.4 is 0 Å². The molecule has 3 heterocycles. The summed E-state index contributed by atoms with van der Waals surface area (Å²) in [5.74, 6) is 1.47. The first-order chi connectivity index (χ1) is 10.2. The molecule has 0 radical (unpaired) electrons. The van der Waals surface area contributed by atoms with Crippen molar-refractivity contribution in [2.24, 2.45) is 0 Å². The number of nitrogens with zero attached hydrogens (tertiary/aromatic N) is 5. The maximum Gasteiger partial charge on any atom is 0.253 e. The second-order valence-electron chi connectivity index (χ2n) is 4.92. The van der Waals surface area contributed by atoms with E-state index in [0.29, 0.717) is 5.78 Å². The highest BCUT2D eigenvalue weighted by molar-refractivity contribution is 7.98. The Morgan fingerprint density at radius 2 is 2.10 bits per heavy atom. The standard InChI is InChI=1S/C14H17N5S2/c1-4-5-12-16-11(7-20-12)8-21-14-17-13-15-9(2)6-10(3)19(13)18-14/h6-7H,4-5,8H2,1-3H3. The summed E-state index contributed by atoms with van der Waals surface area (Å²) in [7, 11) is 0. The molecule has 0 aliphatic rings. The van der Waals surface area contributed by atoms with Crippen molar-refractivity contribution in [3.8, 4) is 0 Å². The van der Waals surface area contributed by atoms with Gasteiger partial charge in [0.1, 0.15) is 0 Å². The van der Waals surface area contributed by atoms with E-state index >= 15 is 0 Å². The number of thioether (sulfide) groups is 1. The summed E-state index contributed by atoms with van der Waals surface area (Å²) >= 11 is 3.34. The van der Waals surface area contributed by atoms with Gasteiger partial charge in [-0.1, -0.05) is 18.7 Å². The average Bonchev–Trinajstić information content (AvgIpc) is 3.03. The number of hydrogen-bond donors (Lipinski definition) is 0. The smallest absolute Gasteiger partial charge is 0.245 e. The molecule has 0 bridgehead atoms. The molecule has 0 saturated carbocycles. The molecule has 21 heavy (non-hydrogen) atoms. The van der Waals surface area contributed by atoms with E-state index in [-0.39, 0.29) is 0 Å². The first-order valence-corrected chi connectivity index (χ1v) is 8.79. The third-order valence-corrected chi connectivity index (χ3v) is 4.84. The highest BCUT2D eigenvalue weighted by atomic mass is 32.2. The van der Waals surface area contributed by atoms with E-state index in [9.17, 15) is 0 Å². The maximum absolute atomic E-state index is 4.62. The van der Waals surface area contributed by atoms with Gasteiger partial charge in [0, 0.05) is 22.5 Å². The zero-order valence-electron chi connectivity index (χ0n) is 12.3. The van der Waals surface area contributed by atoms with Gasteiger partial charge < -0.3 is 0 Å². The fourth-order valence-electron chi connectivity index (χ4n) is 2.09. The molecule has 3 rings (SSSR count). The van der Waals surface area contributed by atoms with E-state index in [1.807, 2.05) is 19.9 Å². The molecule has 7 heteroatoms. The Balaban J connectivity index is 1.74. The monoisotopic (exact) mass is 319 g/mol. The molecule has 5 nitrogen and oxygen atoms in total. The highest BCUT2D eigenvalue weighted by Crippen LogP contribution is 2.22. The quantitative estimate of drug-likeness (QED) is 0.674. The fourth-order valence-corrected chi connectivity index (χ4v) is 3.81. The van der Waals surface area contributed by atoms with Gasteiger partial charge in [-0.25, -0.2) is 14.5 Å². The minimum atomic E-state index is 0.667. The van der Waals surface area contributed by atoms with Crippen LogP contribution in [-0.4, -0.2) is 24.6 Å². The van der Waals surface area contributed by atoms with E-state index in [4.69, 9.17) is 0 Å². The minimum Gasteiger partial charge on any atom is -0.245 e. The molecule has 0 aliphatic heterocycles. The van der Waals surface area contributed by atoms with Crippen LogP contribution in [0.5, 0.6) is 0 Å². The van der Waals surface area contributed by atoms with Crippen molar-refractivity contribution in [2.75, 3.05) is 0 Å². The summed E-state index contributed by atoms with van der Waals surface area (Å²) in [5, 5.41) is 8.58. The highest BCUT2D eigenvalue weighted by Gasteiger charge is 2.09. The Bertz CT molecular complexity index is 762. The average molecular weight is 319 g/mol. The fraction of sp³-hybridized carbons (Fsp3) is 0.429. The maximum atomic E-state index is 4.62. The molecule has 0 atom stereocenters. The van der Waals surface area contributed by atoms with Crippen LogP contribution in [0.25, 0.3) is 5.78 Å². The van der Waals surface area contributed by atoms with Crippen LogP contribution in [0.1, 0.15) is 35.4 Å². The third kappa shape index (κ3) is 3.24. The third-order valence-electron chi connectivity index (χ3n) is 3.01. The Kier molecular flexibility index (Phi) is 4.21. The van der Waals surface area contributed by atoms with E-state index in [0.717, 1.165) is 40.8 Å². The number of fused-ring (bicyclic) bond motifs is 1. The molecule has 3 aromatic rings. The minimum absolute atomic E-state index is 0.667. The Morgan fingerprint density at radius 3 is 2.90 bits per heavy atom. The lowest BCUT2D eigenvalue weighted by Gasteiger charge is -1.97. The summed E-state index contributed by atoms with van der Waals surface area (Å²) in [6, 6.07) is 2.01. The summed E-state index contributed by atoms with van der Waals surface area (Å²) in [6.45, 7) is 6.16. The van der Waals surface area contributed by atoms with Gasteiger partial charge in [0.2, 0.25) is 5.16 Å². The van der Waals surface area contributed by atoms with Crippen LogP contribution in [0.3, 0.4) is 0 Å². The molecule has 0 fully saturated rings. The Morgan fingerprint density at radius 1 is 1.24 bits per heavy atom. The second-order valence-corrected chi connectivity index (χ2v) is 6.80. The van der Waals surface area contributed by atoms with Crippen molar-refractivity contribution in [3.05, 3.63) is 33.5 Å². The topological polar surface area (TPSA) is 56.0 Å². The Hall–Kier alpha value is -1.47. The van der Waals surface area contributed by atoms with Gasteiger partial charge in [-0.2, -0.15) is 4.98 Å². The van der Waals surface area contributed by atoms with Crippen LogP contribution in [-0.2, 0) is 12.2 Å². The molecule has 0 amide bonds. The molecule has 0 aliphatic carbocycles. The van der Waals surface area contributed by atoms with Crippen molar-refractivity contribution in [1.29, 1.82) is 0 Å². The first-order valence-electron chi connectivity index (χ1n) is 6.93. The lowest BCUT2D eigenvalue weighted by atomic mass is 10.3. The van der Waals surface area contributed by atoms with Crippen LogP contribution in [0, 0.1) is 13.8 Å². The number of rotatable bonds is 5. The van der Waals surface area contributed by atoms with E-state index in [1.54, 1.807) is 27.6 Å². The number of hydrogen-bond acceptors (Lipinski definition) is 6. The van der Waals surface area contributed by atoms with Crippen molar-refractivity contribution in [1.82, 2.24) is 24.6 Å². The lowest BCUT2D eigenvalue weighted by Crippen LogP contribution is -1.97.